The Balaban J connectivity index is 2.05. The predicted molar refractivity (Wildman–Crippen MR) is 104 cm³/mol. The molecule has 0 unspecified atom stereocenters. The van der Waals surface area contributed by atoms with Gasteiger partial charge in [-0.3, -0.25) is 0 Å². The zero-order valence-electron chi connectivity index (χ0n) is 14.9. The molecular formula is C18H22BrNO5S. The van der Waals surface area contributed by atoms with Gasteiger partial charge >= 0.3 is 0 Å². The number of ether oxygens (including phenoxy) is 3. The molecule has 0 saturated heterocycles. The van der Waals surface area contributed by atoms with Gasteiger partial charge in [-0.2, -0.15) is 0 Å². The average Bonchev–Trinajstić information content (AvgIpc) is 2.63. The van der Waals surface area contributed by atoms with Crippen LogP contribution in [0.4, 0.5) is 0 Å². The van der Waals surface area contributed by atoms with E-state index in [9.17, 15) is 8.42 Å². The van der Waals surface area contributed by atoms with E-state index in [1.807, 2.05) is 19.1 Å². The van der Waals surface area contributed by atoms with E-state index >= 15 is 0 Å². The van der Waals surface area contributed by atoms with Gasteiger partial charge in [0.25, 0.3) is 0 Å². The van der Waals surface area contributed by atoms with Crippen LogP contribution in [0, 0.1) is 0 Å². The van der Waals surface area contributed by atoms with Gasteiger partial charge in [-0.1, -0.05) is 6.07 Å². The first kappa shape index (κ1) is 20.5. The average molecular weight is 444 g/mol. The Kier molecular flexibility index (Phi) is 7.31. The summed E-state index contributed by atoms with van der Waals surface area (Å²) in [4.78, 5) is 0.163. The number of rotatable bonds is 9. The molecule has 2 aromatic carbocycles. The van der Waals surface area contributed by atoms with Gasteiger partial charge in [0, 0.05) is 12.6 Å². The van der Waals surface area contributed by atoms with E-state index in [4.69, 9.17) is 14.2 Å². The normalized spacial score (nSPS) is 11.2. The van der Waals surface area contributed by atoms with E-state index in [0.717, 1.165) is 5.56 Å². The van der Waals surface area contributed by atoms with Crippen molar-refractivity contribution in [3.05, 3.63) is 46.4 Å². The second kappa shape index (κ2) is 9.25. The SMILES string of the molecule is CCOc1cc(S(=O)(=O)NCCc2ccc(OC)c(OC)c2)ccc1Br. The molecule has 0 fully saturated rings. The third-order valence-corrected chi connectivity index (χ3v) is 5.78. The lowest BCUT2D eigenvalue weighted by Gasteiger charge is -2.11. The summed E-state index contributed by atoms with van der Waals surface area (Å²) in [6, 6.07) is 10.2. The smallest absolute Gasteiger partial charge is 0.240 e. The summed E-state index contributed by atoms with van der Waals surface area (Å²) in [6.45, 7) is 2.56. The van der Waals surface area contributed by atoms with Crippen LogP contribution < -0.4 is 18.9 Å². The van der Waals surface area contributed by atoms with Gasteiger partial charge in [0.1, 0.15) is 5.75 Å². The van der Waals surface area contributed by atoms with Gasteiger partial charge in [-0.25, -0.2) is 13.1 Å². The van der Waals surface area contributed by atoms with Gasteiger partial charge in [-0.15, -0.1) is 0 Å². The lowest BCUT2D eigenvalue weighted by atomic mass is 10.1. The van der Waals surface area contributed by atoms with Crippen LogP contribution in [0.1, 0.15) is 12.5 Å². The van der Waals surface area contributed by atoms with Crippen LogP contribution in [0.15, 0.2) is 45.8 Å². The standard InChI is InChI=1S/C18H22BrNO5S/c1-4-25-17-12-14(6-7-15(17)19)26(21,22)20-10-9-13-5-8-16(23-2)18(11-13)24-3/h5-8,11-12,20H,4,9-10H2,1-3H3. The van der Waals surface area contributed by atoms with E-state index in [1.165, 1.54) is 12.1 Å². The van der Waals surface area contributed by atoms with Crippen molar-refractivity contribution in [1.29, 1.82) is 0 Å². The molecule has 0 aromatic heterocycles. The van der Waals surface area contributed by atoms with Gasteiger partial charge in [0.2, 0.25) is 10.0 Å². The highest BCUT2D eigenvalue weighted by atomic mass is 79.9. The summed E-state index contributed by atoms with van der Waals surface area (Å²) >= 11 is 3.34. The number of methoxy groups -OCH3 is 2. The quantitative estimate of drug-likeness (QED) is 0.642. The van der Waals surface area contributed by atoms with Crippen molar-refractivity contribution in [2.24, 2.45) is 0 Å². The third kappa shape index (κ3) is 5.12. The highest BCUT2D eigenvalue weighted by Gasteiger charge is 2.16. The molecule has 2 aromatic rings. The van der Waals surface area contributed by atoms with Crippen LogP contribution >= 0.6 is 15.9 Å². The van der Waals surface area contributed by atoms with Crippen LogP contribution in [0.3, 0.4) is 0 Å². The zero-order chi connectivity index (χ0) is 19.2. The summed E-state index contributed by atoms with van der Waals surface area (Å²) in [7, 11) is -0.490. The first-order valence-electron chi connectivity index (χ1n) is 8.04. The van der Waals surface area contributed by atoms with Crippen LogP contribution in [0.2, 0.25) is 0 Å². The molecule has 142 valence electrons. The summed E-state index contributed by atoms with van der Waals surface area (Å²) in [5, 5.41) is 0. The van der Waals surface area contributed by atoms with E-state index in [-0.39, 0.29) is 11.4 Å². The fraction of sp³-hybridized carbons (Fsp3) is 0.333. The van der Waals surface area contributed by atoms with Crippen molar-refractivity contribution in [3.8, 4) is 17.2 Å². The second-order valence-corrected chi connectivity index (χ2v) is 7.98. The predicted octanol–water partition coefficient (Wildman–Crippen LogP) is 3.39. The molecule has 0 radical (unpaired) electrons. The maximum Gasteiger partial charge on any atom is 0.240 e. The van der Waals surface area contributed by atoms with Crippen molar-refractivity contribution in [3.63, 3.8) is 0 Å². The largest absolute Gasteiger partial charge is 0.493 e. The van der Waals surface area contributed by atoms with Gasteiger partial charge < -0.3 is 14.2 Å². The van der Waals surface area contributed by atoms with Crippen molar-refractivity contribution in [1.82, 2.24) is 4.72 Å². The molecule has 0 spiro atoms. The molecule has 0 heterocycles. The fourth-order valence-electron chi connectivity index (χ4n) is 2.37. The Morgan fingerprint density at radius 1 is 1.00 bits per heavy atom. The van der Waals surface area contributed by atoms with Crippen LogP contribution in [-0.4, -0.2) is 35.8 Å². The molecule has 2 rings (SSSR count). The first-order chi connectivity index (χ1) is 12.4. The number of halogens is 1. The fourth-order valence-corrected chi connectivity index (χ4v) is 3.77. The molecule has 0 aliphatic heterocycles. The topological polar surface area (TPSA) is 73.9 Å². The lowest BCUT2D eigenvalue weighted by Crippen LogP contribution is -2.26. The highest BCUT2D eigenvalue weighted by molar-refractivity contribution is 9.10. The Hall–Kier alpha value is -1.77. The first-order valence-corrected chi connectivity index (χ1v) is 10.3. The van der Waals surface area contributed by atoms with Crippen LogP contribution in [0.25, 0.3) is 0 Å². The summed E-state index contributed by atoms with van der Waals surface area (Å²) in [5.74, 6) is 1.74. The number of sulfonamides is 1. The highest BCUT2D eigenvalue weighted by Crippen LogP contribution is 2.29. The third-order valence-electron chi connectivity index (χ3n) is 3.67. The van der Waals surface area contributed by atoms with E-state index in [1.54, 1.807) is 26.4 Å². The molecule has 0 amide bonds. The molecule has 0 atom stereocenters. The Morgan fingerprint density at radius 3 is 2.38 bits per heavy atom. The minimum Gasteiger partial charge on any atom is -0.493 e. The summed E-state index contributed by atoms with van der Waals surface area (Å²) < 4.78 is 44.2. The molecule has 0 aliphatic carbocycles. The van der Waals surface area contributed by atoms with Crippen LogP contribution in [-0.2, 0) is 16.4 Å². The Morgan fingerprint density at radius 2 is 1.73 bits per heavy atom. The van der Waals surface area contributed by atoms with Crippen molar-refractivity contribution < 1.29 is 22.6 Å². The Labute approximate surface area is 162 Å². The minimum atomic E-state index is -3.62. The summed E-state index contributed by atoms with van der Waals surface area (Å²) in [5.41, 5.74) is 0.941. The molecule has 0 aliphatic rings. The van der Waals surface area contributed by atoms with E-state index < -0.39 is 10.0 Å². The maximum atomic E-state index is 12.5. The van der Waals surface area contributed by atoms with Crippen molar-refractivity contribution >= 4 is 26.0 Å². The maximum absolute atomic E-state index is 12.5. The molecule has 26 heavy (non-hydrogen) atoms. The van der Waals surface area contributed by atoms with Gasteiger partial charge in [0.15, 0.2) is 11.5 Å². The lowest BCUT2D eigenvalue weighted by molar-refractivity contribution is 0.337. The zero-order valence-corrected chi connectivity index (χ0v) is 17.3. The van der Waals surface area contributed by atoms with Crippen molar-refractivity contribution in [2.75, 3.05) is 27.4 Å². The number of hydrogen-bond donors (Lipinski definition) is 1. The number of benzene rings is 2. The second-order valence-electron chi connectivity index (χ2n) is 5.36. The summed E-state index contributed by atoms with van der Waals surface area (Å²) in [6.07, 6.45) is 0.522. The molecule has 0 saturated carbocycles. The Bertz CT molecular complexity index is 855. The van der Waals surface area contributed by atoms with Crippen molar-refractivity contribution in [2.45, 2.75) is 18.2 Å². The molecule has 1 N–H and O–H groups in total. The molecule has 0 bridgehead atoms. The molecule has 6 nitrogen and oxygen atoms in total. The molecular weight excluding hydrogens is 422 g/mol. The molecule has 8 heteroatoms. The number of nitrogens with one attached hydrogen (secondary N) is 1. The van der Waals surface area contributed by atoms with E-state index in [2.05, 4.69) is 20.7 Å². The van der Waals surface area contributed by atoms with Gasteiger partial charge in [-0.05, 0) is 59.1 Å². The van der Waals surface area contributed by atoms with Crippen LogP contribution in [0.5, 0.6) is 17.2 Å². The number of hydrogen-bond acceptors (Lipinski definition) is 5. The minimum absolute atomic E-state index is 0.163. The van der Waals surface area contributed by atoms with E-state index in [0.29, 0.717) is 34.7 Å². The van der Waals surface area contributed by atoms with Gasteiger partial charge in [0.05, 0.1) is 30.2 Å². The monoisotopic (exact) mass is 443 g/mol.